The summed E-state index contributed by atoms with van der Waals surface area (Å²) in [6, 6.07) is 1.24. The van der Waals surface area contributed by atoms with Crippen molar-refractivity contribution >= 4 is 15.9 Å². The average molecular weight is 276 g/mol. The van der Waals surface area contributed by atoms with E-state index in [9.17, 15) is 4.39 Å². The summed E-state index contributed by atoms with van der Waals surface area (Å²) in [6.45, 7) is 1.96. The first kappa shape index (κ1) is 10.7. The van der Waals surface area contributed by atoms with Gasteiger partial charge in [-0.15, -0.1) is 0 Å². The zero-order valence-electron chi connectivity index (χ0n) is 8.22. The van der Waals surface area contributed by atoms with Gasteiger partial charge in [-0.25, -0.2) is 4.39 Å². The molecule has 0 radical (unpaired) electrons. The maximum absolute atomic E-state index is 13.6. The number of fused-ring (bicyclic) bond motifs is 1. The Kier molecular flexibility index (Phi) is 2.84. The van der Waals surface area contributed by atoms with Crippen LogP contribution in [0.15, 0.2) is 10.5 Å². The molecule has 1 heterocycles. The molecule has 0 bridgehead atoms. The van der Waals surface area contributed by atoms with Gasteiger partial charge in [0.1, 0.15) is 5.82 Å². The standard InChI is InChI=1S/C10H11BrFNO2/c1-5(13)2-6-7(12)3-8-10(9(6)11)15-4-14-8/h3,5H,2,4,13H2,1H3. The molecule has 3 nitrogen and oxygen atoms in total. The quantitative estimate of drug-likeness (QED) is 0.900. The van der Waals surface area contributed by atoms with Crippen molar-refractivity contribution in [2.24, 2.45) is 5.73 Å². The van der Waals surface area contributed by atoms with E-state index in [0.717, 1.165) is 0 Å². The van der Waals surface area contributed by atoms with Gasteiger partial charge in [0.25, 0.3) is 0 Å². The van der Waals surface area contributed by atoms with Gasteiger partial charge in [0.2, 0.25) is 6.79 Å². The molecule has 0 saturated heterocycles. The van der Waals surface area contributed by atoms with Gasteiger partial charge in [0.05, 0.1) is 4.47 Å². The summed E-state index contributed by atoms with van der Waals surface area (Å²) in [5, 5.41) is 0. The van der Waals surface area contributed by atoms with Crippen molar-refractivity contribution in [3.8, 4) is 11.5 Å². The van der Waals surface area contributed by atoms with Gasteiger partial charge in [-0.2, -0.15) is 0 Å². The smallest absolute Gasteiger partial charge is 0.231 e. The average Bonchev–Trinajstić information content (AvgIpc) is 2.59. The molecule has 0 saturated carbocycles. The highest BCUT2D eigenvalue weighted by molar-refractivity contribution is 9.10. The van der Waals surface area contributed by atoms with Crippen molar-refractivity contribution in [3.05, 3.63) is 21.9 Å². The molecular formula is C10H11BrFNO2. The van der Waals surface area contributed by atoms with Crippen LogP contribution in [0.4, 0.5) is 4.39 Å². The Morgan fingerprint density at radius 3 is 3.00 bits per heavy atom. The summed E-state index contributed by atoms with van der Waals surface area (Å²) in [6.07, 6.45) is 0.461. The molecule has 2 N–H and O–H groups in total. The van der Waals surface area contributed by atoms with Crippen LogP contribution in [0.3, 0.4) is 0 Å². The molecule has 0 aromatic heterocycles. The molecule has 0 amide bonds. The maximum Gasteiger partial charge on any atom is 0.231 e. The molecular weight excluding hydrogens is 265 g/mol. The van der Waals surface area contributed by atoms with Crippen molar-refractivity contribution in [1.29, 1.82) is 0 Å². The van der Waals surface area contributed by atoms with Gasteiger partial charge >= 0.3 is 0 Å². The van der Waals surface area contributed by atoms with Crippen LogP contribution in [0.1, 0.15) is 12.5 Å². The molecule has 1 aromatic carbocycles. The van der Waals surface area contributed by atoms with Crippen LogP contribution in [0, 0.1) is 5.82 Å². The highest BCUT2D eigenvalue weighted by Crippen LogP contribution is 2.42. The topological polar surface area (TPSA) is 44.5 Å². The Hall–Kier alpha value is -0.810. The number of rotatable bonds is 2. The maximum atomic E-state index is 13.6. The lowest BCUT2D eigenvalue weighted by Gasteiger charge is -2.10. The summed E-state index contributed by atoms with van der Waals surface area (Å²) in [7, 11) is 0. The van der Waals surface area contributed by atoms with E-state index in [-0.39, 0.29) is 18.7 Å². The van der Waals surface area contributed by atoms with Gasteiger partial charge in [0, 0.05) is 17.7 Å². The minimum absolute atomic E-state index is 0.101. The lowest BCUT2D eigenvalue weighted by atomic mass is 10.1. The first-order valence-electron chi connectivity index (χ1n) is 4.61. The number of benzene rings is 1. The van der Waals surface area contributed by atoms with E-state index in [1.165, 1.54) is 6.07 Å². The highest BCUT2D eigenvalue weighted by Gasteiger charge is 2.23. The van der Waals surface area contributed by atoms with E-state index >= 15 is 0 Å². The van der Waals surface area contributed by atoms with Gasteiger partial charge in [-0.3, -0.25) is 0 Å². The van der Waals surface area contributed by atoms with E-state index < -0.39 is 0 Å². The Morgan fingerprint density at radius 1 is 1.60 bits per heavy atom. The zero-order chi connectivity index (χ0) is 11.0. The monoisotopic (exact) mass is 275 g/mol. The highest BCUT2D eigenvalue weighted by atomic mass is 79.9. The normalized spacial score (nSPS) is 15.5. The second-order valence-electron chi connectivity index (χ2n) is 3.57. The van der Waals surface area contributed by atoms with Crippen LogP contribution in [0.2, 0.25) is 0 Å². The molecule has 1 aromatic rings. The van der Waals surface area contributed by atoms with Crippen LogP contribution in [-0.4, -0.2) is 12.8 Å². The fraction of sp³-hybridized carbons (Fsp3) is 0.400. The molecule has 2 rings (SSSR count). The number of hydrogen-bond acceptors (Lipinski definition) is 3. The lowest BCUT2D eigenvalue weighted by Crippen LogP contribution is -2.18. The van der Waals surface area contributed by atoms with Crippen molar-refractivity contribution in [2.75, 3.05) is 6.79 Å². The second-order valence-corrected chi connectivity index (χ2v) is 4.36. The SMILES string of the molecule is CC(N)Cc1c(F)cc2c(c1Br)OCO2. The van der Waals surface area contributed by atoms with Crippen LogP contribution in [0.5, 0.6) is 11.5 Å². The zero-order valence-corrected chi connectivity index (χ0v) is 9.80. The lowest BCUT2D eigenvalue weighted by molar-refractivity contribution is 0.173. The molecule has 5 heteroatoms. The molecule has 1 atom stereocenters. The number of halogens is 2. The van der Waals surface area contributed by atoms with E-state index in [4.69, 9.17) is 15.2 Å². The van der Waals surface area contributed by atoms with Crippen LogP contribution in [0.25, 0.3) is 0 Å². The molecule has 0 spiro atoms. The first-order chi connectivity index (χ1) is 7.09. The van der Waals surface area contributed by atoms with Gasteiger partial charge in [-0.1, -0.05) is 0 Å². The fourth-order valence-corrected chi connectivity index (χ4v) is 2.18. The predicted molar refractivity (Wildman–Crippen MR) is 57.6 cm³/mol. The summed E-state index contributed by atoms with van der Waals surface area (Å²) in [5.41, 5.74) is 6.18. The Labute approximate surface area is 95.5 Å². The molecule has 1 unspecified atom stereocenters. The Bertz CT molecular complexity index is 395. The third-order valence-corrected chi connectivity index (χ3v) is 3.02. The van der Waals surface area contributed by atoms with Crippen molar-refractivity contribution in [3.63, 3.8) is 0 Å². The molecule has 1 aliphatic rings. The number of ether oxygens (including phenoxy) is 2. The minimum Gasteiger partial charge on any atom is -0.453 e. The first-order valence-corrected chi connectivity index (χ1v) is 5.41. The minimum atomic E-state index is -0.316. The van der Waals surface area contributed by atoms with Gasteiger partial charge in [-0.05, 0) is 29.3 Å². The summed E-state index contributed by atoms with van der Waals surface area (Å²) >= 11 is 3.31. The van der Waals surface area contributed by atoms with Crippen LogP contribution >= 0.6 is 15.9 Å². The molecule has 0 fully saturated rings. The fourth-order valence-electron chi connectivity index (χ4n) is 1.52. The molecule has 82 valence electrons. The largest absolute Gasteiger partial charge is 0.453 e. The van der Waals surface area contributed by atoms with Crippen molar-refractivity contribution in [1.82, 2.24) is 0 Å². The molecule has 15 heavy (non-hydrogen) atoms. The van der Waals surface area contributed by atoms with Gasteiger partial charge in [0.15, 0.2) is 11.5 Å². The van der Waals surface area contributed by atoms with Crippen molar-refractivity contribution < 1.29 is 13.9 Å². The van der Waals surface area contributed by atoms with Crippen molar-refractivity contribution in [2.45, 2.75) is 19.4 Å². The summed E-state index contributed by atoms with van der Waals surface area (Å²) in [4.78, 5) is 0. The predicted octanol–water partition coefficient (Wildman–Crippen LogP) is 2.21. The van der Waals surface area contributed by atoms with Gasteiger partial charge < -0.3 is 15.2 Å². The molecule has 1 aliphatic heterocycles. The number of nitrogens with two attached hydrogens (primary N) is 1. The summed E-state index contributed by atoms with van der Waals surface area (Å²) < 4.78 is 24.6. The van der Waals surface area contributed by atoms with E-state index in [1.54, 1.807) is 0 Å². The number of hydrogen-bond donors (Lipinski definition) is 1. The Balaban J connectivity index is 2.46. The summed E-state index contributed by atoms with van der Waals surface area (Å²) in [5.74, 6) is 0.684. The van der Waals surface area contributed by atoms with E-state index in [2.05, 4.69) is 15.9 Å². The Morgan fingerprint density at radius 2 is 2.33 bits per heavy atom. The third-order valence-electron chi connectivity index (χ3n) is 2.18. The van der Waals surface area contributed by atoms with E-state index in [0.29, 0.717) is 28.0 Å². The molecule has 0 aliphatic carbocycles. The van der Waals surface area contributed by atoms with Crippen LogP contribution in [-0.2, 0) is 6.42 Å². The van der Waals surface area contributed by atoms with Crippen LogP contribution < -0.4 is 15.2 Å². The second kappa shape index (κ2) is 3.98. The third kappa shape index (κ3) is 1.94. The van der Waals surface area contributed by atoms with E-state index in [1.807, 2.05) is 6.92 Å².